The van der Waals surface area contributed by atoms with Gasteiger partial charge in [0, 0.05) is 10.0 Å². The molecule has 5 nitrogen and oxygen atoms in total. The van der Waals surface area contributed by atoms with Crippen LogP contribution >= 0.6 is 23.2 Å². The van der Waals surface area contributed by atoms with Crippen LogP contribution in [0.4, 0.5) is 0 Å². The molecule has 0 bridgehead atoms. The van der Waals surface area contributed by atoms with Gasteiger partial charge in [0.15, 0.2) is 5.96 Å². The minimum absolute atomic E-state index is 0.132. The maximum atomic E-state index is 10.2. The summed E-state index contributed by atoms with van der Waals surface area (Å²) in [6, 6.07) is 12.3. The van der Waals surface area contributed by atoms with E-state index in [1.54, 1.807) is 25.3 Å². The summed E-state index contributed by atoms with van der Waals surface area (Å²) in [7, 11) is 1.58. The van der Waals surface area contributed by atoms with Gasteiger partial charge in [-0.1, -0.05) is 41.4 Å². The van der Waals surface area contributed by atoms with Crippen LogP contribution in [-0.2, 0) is 0 Å². The molecule has 0 radical (unpaired) electrons. The van der Waals surface area contributed by atoms with Gasteiger partial charge in [-0.2, -0.15) is 0 Å². The number of nitrogens with zero attached hydrogens (tertiary/aromatic N) is 1. The number of nitrogens with one attached hydrogen (secondary N) is 1. The van der Waals surface area contributed by atoms with E-state index in [0.717, 1.165) is 5.56 Å². The van der Waals surface area contributed by atoms with Crippen LogP contribution in [0.1, 0.15) is 30.2 Å². The average Bonchev–Trinajstić information content (AvgIpc) is 2.59. The summed E-state index contributed by atoms with van der Waals surface area (Å²) in [5.41, 5.74) is 7.48. The molecule has 134 valence electrons. The first kappa shape index (κ1) is 19.4. The number of aliphatic hydroxyl groups excluding tert-OH is 1. The van der Waals surface area contributed by atoms with E-state index in [0.29, 0.717) is 21.4 Å². The summed E-state index contributed by atoms with van der Waals surface area (Å²) >= 11 is 12.1. The Hall–Kier alpha value is -1.95. The topological polar surface area (TPSA) is 79.9 Å². The van der Waals surface area contributed by atoms with E-state index in [1.165, 1.54) is 0 Å². The highest BCUT2D eigenvalue weighted by atomic mass is 35.5. The van der Waals surface area contributed by atoms with Gasteiger partial charge >= 0.3 is 0 Å². The van der Waals surface area contributed by atoms with E-state index in [-0.39, 0.29) is 18.5 Å². The van der Waals surface area contributed by atoms with Crippen molar-refractivity contribution in [3.63, 3.8) is 0 Å². The third-order valence-electron chi connectivity index (χ3n) is 3.71. The number of guanidine groups is 1. The third kappa shape index (κ3) is 5.53. The fourth-order valence-corrected chi connectivity index (χ4v) is 2.91. The molecule has 0 amide bonds. The minimum atomic E-state index is -0.773. The number of aliphatic imine (C=N–C) groups is 1. The van der Waals surface area contributed by atoms with Crippen molar-refractivity contribution in [2.75, 3.05) is 13.7 Å². The van der Waals surface area contributed by atoms with Gasteiger partial charge in [0.2, 0.25) is 0 Å². The van der Waals surface area contributed by atoms with Crippen molar-refractivity contribution in [3.05, 3.63) is 63.6 Å². The van der Waals surface area contributed by atoms with Gasteiger partial charge in [-0.15, -0.1) is 0 Å². The first-order valence-corrected chi connectivity index (χ1v) is 8.49. The molecule has 2 rings (SSSR count). The maximum absolute atomic E-state index is 10.2. The fourth-order valence-electron chi connectivity index (χ4n) is 2.34. The molecule has 2 aromatic rings. The maximum Gasteiger partial charge on any atom is 0.189 e. The number of aliphatic hydroxyl groups is 1. The normalized spacial score (nSPS) is 14.0. The highest BCUT2D eigenvalue weighted by Crippen LogP contribution is 2.26. The number of methoxy groups -OCH3 is 1. The molecular weight excluding hydrogens is 361 g/mol. The lowest BCUT2D eigenvalue weighted by atomic mass is 10.1. The summed E-state index contributed by atoms with van der Waals surface area (Å²) in [5, 5.41) is 14.4. The number of benzene rings is 2. The summed E-state index contributed by atoms with van der Waals surface area (Å²) in [5.74, 6) is 0.901. The van der Waals surface area contributed by atoms with Gasteiger partial charge in [0.25, 0.3) is 0 Å². The van der Waals surface area contributed by atoms with E-state index in [1.807, 2.05) is 31.2 Å². The molecule has 0 saturated carbocycles. The number of rotatable bonds is 6. The van der Waals surface area contributed by atoms with Crippen LogP contribution in [0.25, 0.3) is 0 Å². The number of hydrogen-bond acceptors (Lipinski definition) is 3. The molecule has 2 aromatic carbocycles. The quantitative estimate of drug-likeness (QED) is 0.526. The number of halogens is 2. The van der Waals surface area contributed by atoms with Gasteiger partial charge in [-0.05, 0) is 42.3 Å². The minimum Gasteiger partial charge on any atom is -0.497 e. The Morgan fingerprint density at radius 2 is 2.04 bits per heavy atom. The molecule has 2 unspecified atom stereocenters. The lowest BCUT2D eigenvalue weighted by molar-refractivity contribution is 0.186. The lowest BCUT2D eigenvalue weighted by Crippen LogP contribution is -2.34. The van der Waals surface area contributed by atoms with E-state index >= 15 is 0 Å². The van der Waals surface area contributed by atoms with Crippen molar-refractivity contribution >= 4 is 29.2 Å². The smallest absolute Gasteiger partial charge is 0.189 e. The Bertz CT molecular complexity index is 753. The van der Waals surface area contributed by atoms with E-state index in [4.69, 9.17) is 33.7 Å². The predicted octanol–water partition coefficient (Wildman–Crippen LogP) is 3.70. The second kappa shape index (κ2) is 8.94. The van der Waals surface area contributed by atoms with Crippen molar-refractivity contribution in [1.82, 2.24) is 5.32 Å². The Morgan fingerprint density at radius 3 is 2.72 bits per heavy atom. The highest BCUT2D eigenvalue weighted by Gasteiger charge is 2.12. The standard InChI is InChI=1S/C18H21Cl2N3O2/c1-11(15-7-6-13(19)9-16(15)20)23-18(21)22-10-17(24)12-4-3-5-14(8-12)25-2/h3-9,11,17,24H,10H2,1-2H3,(H3,21,22,23). The summed E-state index contributed by atoms with van der Waals surface area (Å²) in [4.78, 5) is 4.19. The van der Waals surface area contributed by atoms with Crippen LogP contribution in [0.15, 0.2) is 47.5 Å². The first-order valence-electron chi connectivity index (χ1n) is 7.74. The number of ether oxygens (including phenoxy) is 1. The Morgan fingerprint density at radius 1 is 1.28 bits per heavy atom. The van der Waals surface area contributed by atoms with Gasteiger partial charge in [-0.25, -0.2) is 0 Å². The van der Waals surface area contributed by atoms with Crippen LogP contribution in [0, 0.1) is 0 Å². The first-order chi connectivity index (χ1) is 11.9. The van der Waals surface area contributed by atoms with Crippen LogP contribution in [0.3, 0.4) is 0 Å². The lowest BCUT2D eigenvalue weighted by Gasteiger charge is -2.17. The van der Waals surface area contributed by atoms with Gasteiger partial charge < -0.3 is 20.9 Å². The van der Waals surface area contributed by atoms with E-state index in [2.05, 4.69) is 10.3 Å². The molecule has 0 heterocycles. The SMILES string of the molecule is COc1cccc(C(O)CN=C(N)NC(C)c2ccc(Cl)cc2Cl)c1. The van der Waals surface area contributed by atoms with Crippen LogP contribution < -0.4 is 15.8 Å². The van der Waals surface area contributed by atoms with Crippen LogP contribution in [0.5, 0.6) is 5.75 Å². The Labute approximate surface area is 157 Å². The summed E-state index contributed by atoms with van der Waals surface area (Å²) in [6.07, 6.45) is -0.773. The summed E-state index contributed by atoms with van der Waals surface area (Å²) < 4.78 is 5.15. The highest BCUT2D eigenvalue weighted by molar-refractivity contribution is 6.35. The zero-order valence-electron chi connectivity index (χ0n) is 14.0. The van der Waals surface area contributed by atoms with E-state index in [9.17, 15) is 5.11 Å². The number of nitrogens with two attached hydrogens (primary N) is 1. The monoisotopic (exact) mass is 381 g/mol. The molecular formula is C18H21Cl2N3O2. The molecule has 0 aliphatic rings. The number of hydrogen-bond donors (Lipinski definition) is 3. The largest absolute Gasteiger partial charge is 0.497 e. The molecule has 7 heteroatoms. The van der Waals surface area contributed by atoms with Crippen molar-refractivity contribution in [2.24, 2.45) is 10.7 Å². The molecule has 0 fully saturated rings. The van der Waals surface area contributed by atoms with Crippen molar-refractivity contribution in [3.8, 4) is 5.75 Å². The van der Waals surface area contributed by atoms with Crippen molar-refractivity contribution < 1.29 is 9.84 Å². The zero-order chi connectivity index (χ0) is 18.4. The molecule has 2 atom stereocenters. The molecule has 0 spiro atoms. The molecule has 0 aliphatic heterocycles. The van der Waals surface area contributed by atoms with Crippen LogP contribution in [-0.4, -0.2) is 24.7 Å². The zero-order valence-corrected chi connectivity index (χ0v) is 15.6. The molecule has 0 saturated heterocycles. The average molecular weight is 382 g/mol. The Kier molecular flexibility index (Phi) is 6.93. The molecule has 25 heavy (non-hydrogen) atoms. The second-order valence-electron chi connectivity index (χ2n) is 5.55. The summed E-state index contributed by atoms with van der Waals surface area (Å²) in [6.45, 7) is 2.04. The van der Waals surface area contributed by atoms with E-state index < -0.39 is 6.10 Å². The van der Waals surface area contributed by atoms with Gasteiger partial charge in [0.05, 0.1) is 25.8 Å². The van der Waals surface area contributed by atoms with Gasteiger partial charge in [-0.3, -0.25) is 4.99 Å². The second-order valence-corrected chi connectivity index (χ2v) is 6.39. The molecule has 0 aliphatic carbocycles. The fraction of sp³-hybridized carbons (Fsp3) is 0.278. The van der Waals surface area contributed by atoms with Crippen molar-refractivity contribution in [1.29, 1.82) is 0 Å². The molecule has 4 N–H and O–H groups in total. The predicted molar refractivity (Wildman–Crippen MR) is 102 cm³/mol. The van der Waals surface area contributed by atoms with Gasteiger partial charge in [0.1, 0.15) is 5.75 Å². The third-order valence-corrected chi connectivity index (χ3v) is 4.27. The Balaban J connectivity index is 1.98. The van der Waals surface area contributed by atoms with Crippen molar-refractivity contribution in [2.45, 2.75) is 19.1 Å². The molecule has 0 aromatic heterocycles. The van der Waals surface area contributed by atoms with Crippen LogP contribution in [0.2, 0.25) is 10.0 Å².